The van der Waals surface area contributed by atoms with Gasteiger partial charge in [-0.15, -0.1) is 0 Å². The predicted octanol–water partition coefficient (Wildman–Crippen LogP) is 2.56. The summed E-state index contributed by atoms with van der Waals surface area (Å²) >= 11 is 1.90. The number of urea groups is 1. The molecule has 0 aromatic rings. The third-order valence-electron chi connectivity index (χ3n) is 4.63. The maximum Gasteiger partial charge on any atom is 0.329 e. The molecule has 2 amide bonds. The van der Waals surface area contributed by atoms with E-state index in [9.17, 15) is 14.7 Å². The Hall–Kier alpha value is -0.910. The van der Waals surface area contributed by atoms with Gasteiger partial charge in [-0.2, -0.15) is 11.8 Å². The van der Waals surface area contributed by atoms with Gasteiger partial charge in [-0.25, -0.2) is 9.59 Å². The zero-order chi connectivity index (χ0) is 15.5. The van der Waals surface area contributed by atoms with E-state index >= 15 is 0 Å². The molecular formula is C15H26N2O3S. The van der Waals surface area contributed by atoms with Gasteiger partial charge in [0.2, 0.25) is 0 Å². The Labute approximate surface area is 130 Å². The summed E-state index contributed by atoms with van der Waals surface area (Å²) in [5, 5.41) is 12.9. The van der Waals surface area contributed by atoms with E-state index in [0.717, 1.165) is 31.6 Å². The third-order valence-corrected chi connectivity index (χ3v) is 6.01. The van der Waals surface area contributed by atoms with Gasteiger partial charge in [0, 0.05) is 24.1 Å². The van der Waals surface area contributed by atoms with E-state index in [1.165, 1.54) is 0 Å². The molecule has 21 heavy (non-hydrogen) atoms. The number of carboxylic acids is 1. The van der Waals surface area contributed by atoms with Crippen LogP contribution in [0.15, 0.2) is 0 Å². The molecule has 120 valence electrons. The van der Waals surface area contributed by atoms with E-state index in [-0.39, 0.29) is 6.03 Å². The summed E-state index contributed by atoms with van der Waals surface area (Å²) in [6.07, 6.45) is 4.02. The molecule has 1 aliphatic carbocycles. The van der Waals surface area contributed by atoms with E-state index in [0.29, 0.717) is 30.6 Å². The Morgan fingerprint density at radius 2 is 2.24 bits per heavy atom. The minimum absolute atomic E-state index is 0.203. The number of thioether (sulfide) groups is 1. The lowest BCUT2D eigenvalue weighted by atomic mass is 9.76. The van der Waals surface area contributed by atoms with Crippen molar-refractivity contribution in [3.05, 3.63) is 0 Å². The minimum atomic E-state index is -1.07. The molecule has 0 aromatic heterocycles. The molecule has 0 spiro atoms. The van der Waals surface area contributed by atoms with Gasteiger partial charge >= 0.3 is 12.0 Å². The lowest BCUT2D eigenvalue weighted by Gasteiger charge is -2.40. The van der Waals surface area contributed by atoms with Gasteiger partial charge in [0.1, 0.15) is 5.54 Å². The number of amides is 2. The summed E-state index contributed by atoms with van der Waals surface area (Å²) < 4.78 is 0. The van der Waals surface area contributed by atoms with E-state index in [2.05, 4.69) is 19.2 Å². The molecule has 5 nitrogen and oxygen atoms in total. The van der Waals surface area contributed by atoms with Crippen molar-refractivity contribution in [2.75, 3.05) is 18.8 Å². The van der Waals surface area contributed by atoms with Gasteiger partial charge in [-0.05, 0) is 25.2 Å². The van der Waals surface area contributed by atoms with Crippen LogP contribution in [0.3, 0.4) is 0 Å². The predicted molar refractivity (Wildman–Crippen MR) is 84.6 cm³/mol. The van der Waals surface area contributed by atoms with Gasteiger partial charge < -0.3 is 15.3 Å². The normalized spacial score (nSPS) is 33.5. The number of hydrogen-bond acceptors (Lipinski definition) is 3. The molecule has 1 aliphatic heterocycles. The van der Waals surface area contributed by atoms with Gasteiger partial charge in [0.05, 0.1) is 0 Å². The zero-order valence-corrected chi connectivity index (χ0v) is 13.7. The average Bonchev–Trinajstić information content (AvgIpc) is 2.47. The van der Waals surface area contributed by atoms with Crippen molar-refractivity contribution in [3.8, 4) is 0 Å². The number of carbonyl (C=O) groups excluding carboxylic acids is 1. The maximum atomic E-state index is 12.5. The first-order valence-corrected chi connectivity index (χ1v) is 8.94. The first-order valence-electron chi connectivity index (χ1n) is 7.89. The Morgan fingerprint density at radius 3 is 2.86 bits per heavy atom. The topological polar surface area (TPSA) is 69.6 Å². The van der Waals surface area contributed by atoms with Gasteiger partial charge in [-0.1, -0.05) is 26.7 Å². The van der Waals surface area contributed by atoms with Crippen LogP contribution in [0, 0.1) is 5.92 Å². The lowest BCUT2D eigenvalue weighted by Crippen LogP contribution is -2.60. The summed E-state index contributed by atoms with van der Waals surface area (Å²) in [7, 11) is 0. The van der Waals surface area contributed by atoms with Crippen LogP contribution in [0.25, 0.3) is 0 Å². The molecule has 1 saturated carbocycles. The second-order valence-corrected chi connectivity index (χ2v) is 7.77. The highest BCUT2D eigenvalue weighted by Crippen LogP contribution is 2.33. The smallest absolute Gasteiger partial charge is 0.329 e. The molecule has 3 unspecified atom stereocenters. The molecule has 6 heteroatoms. The second kappa shape index (κ2) is 6.90. The minimum Gasteiger partial charge on any atom is -0.480 e. The fourth-order valence-electron chi connectivity index (χ4n) is 3.35. The Kier molecular flexibility index (Phi) is 5.41. The summed E-state index contributed by atoms with van der Waals surface area (Å²) in [6.45, 7) is 5.62. The van der Waals surface area contributed by atoms with Gasteiger partial charge in [0.25, 0.3) is 0 Å². The molecule has 2 fully saturated rings. The van der Waals surface area contributed by atoms with E-state index < -0.39 is 11.5 Å². The van der Waals surface area contributed by atoms with Gasteiger partial charge in [-0.3, -0.25) is 0 Å². The first-order chi connectivity index (χ1) is 9.97. The fraction of sp³-hybridized carbons (Fsp3) is 0.867. The van der Waals surface area contributed by atoms with Crippen LogP contribution in [0.1, 0.15) is 46.0 Å². The fourth-order valence-corrected chi connectivity index (χ4v) is 4.53. The number of carbonyl (C=O) groups is 2. The van der Waals surface area contributed by atoms with Crippen molar-refractivity contribution in [1.29, 1.82) is 0 Å². The molecule has 2 N–H and O–H groups in total. The number of nitrogens with one attached hydrogen (secondary N) is 1. The number of hydrogen-bond donors (Lipinski definition) is 2. The highest BCUT2D eigenvalue weighted by Gasteiger charge is 2.44. The Balaban J connectivity index is 2.03. The number of carboxylic acid groups (broad SMARTS) is 1. The van der Waals surface area contributed by atoms with Crippen molar-refractivity contribution in [2.45, 2.75) is 56.7 Å². The first kappa shape index (κ1) is 16.5. The van der Waals surface area contributed by atoms with Crippen molar-refractivity contribution in [1.82, 2.24) is 10.2 Å². The number of nitrogens with zero attached hydrogens (tertiary/aromatic N) is 1. The van der Waals surface area contributed by atoms with Crippen LogP contribution >= 0.6 is 11.8 Å². The standard InChI is InChI=1S/C15H26N2O3S/c1-3-12-10-17(7-8-21-12)14(20)16-15(13(18)19)6-4-5-11(2)9-15/h11-12H,3-10H2,1-2H3,(H,16,20)(H,18,19). The Morgan fingerprint density at radius 1 is 1.48 bits per heavy atom. The Bertz CT molecular complexity index is 404. The third kappa shape index (κ3) is 3.84. The molecule has 2 rings (SSSR count). The molecule has 1 heterocycles. The molecule has 2 aliphatic rings. The zero-order valence-electron chi connectivity index (χ0n) is 12.9. The summed E-state index contributed by atoms with van der Waals surface area (Å²) in [5.41, 5.74) is -1.07. The number of rotatable bonds is 3. The van der Waals surface area contributed by atoms with Crippen LogP contribution in [-0.4, -0.2) is 51.6 Å². The van der Waals surface area contributed by atoms with Crippen LogP contribution in [-0.2, 0) is 4.79 Å². The highest BCUT2D eigenvalue weighted by molar-refractivity contribution is 8.00. The number of aliphatic carboxylic acids is 1. The monoisotopic (exact) mass is 314 g/mol. The van der Waals surface area contributed by atoms with E-state index in [4.69, 9.17) is 0 Å². The molecule has 3 atom stereocenters. The maximum absolute atomic E-state index is 12.5. The molecular weight excluding hydrogens is 288 g/mol. The summed E-state index contributed by atoms with van der Waals surface area (Å²) in [4.78, 5) is 26.0. The lowest BCUT2D eigenvalue weighted by molar-refractivity contribution is -0.146. The average molecular weight is 314 g/mol. The molecule has 1 saturated heterocycles. The van der Waals surface area contributed by atoms with Crippen LogP contribution < -0.4 is 5.32 Å². The van der Waals surface area contributed by atoms with Crippen LogP contribution in [0.4, 0.5) is 4.79 Å². The van der Waals surface area contributed by atoms with Crippen molar-refractivity contribution >= 4 is 23.8 Å². The van der Waals surface area contributed by atoms with Crippen LogP contribution in [0.5, 0.6) is 0 Å². The summed E-state index contributed by atoms with van der Waals surface area (Å²) in [5.74, 6) is 0.388. The van der Waals surface area contributed by atoms with Crippen molar-refractivity contribution < 1.29 is 14.7 Å². The molecule has 0 radical (unpaired) electrons. The van der Waals surface area contributed by atoms with Crippen molar-refractivity contribution in [3.63, 3.8) is 0 Å². The van der Waals surface area contributed by atoms with Crippen LogP contribution in [0.2, 0.25) is 0 Å². The SMILES string of the molecule is CCC1CN(C(=O)NC2(C(=O)O)CCCC(C)C2)CCS1. The summed E-state index contributed by atoms with van der Waals surface area (Å²) in [6, 6.07) is -0.203. The quantitative estimate of drug-likeness (QED) is 0.840. The van der Waals surface area contributed by atoms with Crippen molar-refractivity contribution in [2.24, 2.45) is 5.92 Å². The van der Waals surface area contributed by atoms with E-state index in [1.54, 1.807) is 4.90 Å². The van der Waals surface area contributed by atoms with E-state index in [1.807, 2.05) is 11.8 Å². The van der Waals surface area contributed by atoms with Gasteiger partial charge in [0.15, 0.2) is 0 Å². The molecule has 0 bridgehead atoms. The molecule has 0 aromatic carbocycles. The largest absolute Gasteiger partial charge is 0.480 e. The second-order valence-electron chi connectivity index (χ2n) is 6.37. The highest BCUT2D eigenvalue weighted by atomic mass is 32.2.